The Morgan fingerprint density at radius 1 is 1.23 bits per heavy atom. The van der Waals surface area contributed by atoms with Crippen LogP contribution in [0.25, 0.3) is 0 Å². The average molecular weight is 362 g/mol. The van der Waals surface area contributed by atoms with Gasteiger partial charge in [0.1, 0.15) is 5.75 Å². The van der Waals surface area contributed by atoms with Gasteiger partial charge in [-0.15, -0.1) is 0 Å². The minimum absolute atomic E-state index is 0.168. The van der Waals surface area contributed by atoms with Crippen molar-refractivity contribution < 1.29 is 9.53 Å². The number of ether oxygens (including phenoxy) is 1. The summed E-state index contributed by atoms with van der Waals surface area (Å²) in [4.78, 5) is 12.5. The second-order valence-electron chi connectivity index (χ2n) is 5.17. The molecular formula is C18H20BrNO2. The topological polar surface area (TPSA) is 38.3 Å². The smallest absolute Gasteiger partial charge is 0.259 e. The number of halogens is 1. The van der Waals surface area contributed by atoms with Crippen LogP contribution in [0.3, 0.4) is 0 Å². The fourth-order valence-electron chi connectivity index (χ4n) is 2.05. The first-order valence-electron chi connectivity index (χ1n) is 7.40. The summed E-state index contributed by atoms with van der Waals surface area (Å²) in [7, 11) is 0. The molecular weight excluding hydrogens is 342 g/mol. The summed E-state index contributed by atoms with van der Waals surface area (Å²) in [6.45, 7) is 4.72. The van der Waals surface area contributed by atoms with Crippen molar-refractivity contribution >= 4 is 27.5 Å². The Morgan fingerprint density at radius 3 is 2.77 bits per heavy atom. The quantitative estimate of drug-likeness (QED) is 0.719. The van der Waals surface area contributed by atoms with Gasteiger partial charge < -0.3 is 10.1 Å². The van der Waals surface area contributed by atoms with Crippen LogP contribution < -0.4 is 10.1 Å². The average Bonchev–Trinajstić information content (AvgIpc) is 2.49. The van der Waals surface area contributed by atoms with Crippen molar-refractivity contribution in [3.63, 3.8) is 0 Å². The lowest BCUT2D eigenvalue weighted by molar-refractivity contribution is 0.102. The van der Waals surface area contributed by atoms with E-state index in [-0.39, 0.29) is 5.91 Å². The first-order chi connectivity index (χ1) is 10.6. The zero-order chi connectivity index (χ0) is 15.9. The summed E-state index contributed by atoms with van der Waals surface area (Å²) in [5.41, 5.74) is 2.42. The highest BCUT2D eigenvalue weighted by atomic mass is 79.9. The van der Waals surface area contributed by atoms with Crippen molar-refractivity contribution in [1.29, 1.82) is 0 Å². The summed E-state index contributed by atoms with van der Waals surface area (Å²) in [6.07, 6.45) is 2.02. The minimum atomic E-state index is -0.168. The van der Waals surface area contributed by atoms with Crippen LogP contribution >= 0.6 is 15.9 Å². The number of hydrogen-bond donors (Lipinski definition) is 1. The van der Waals surface area contributed by atoms with Gasteiger partial charge in [0, 0.05) is 10.2 Å². The van der Waals surface area contributed by atoms with Crippen LogP contribution in [0, 0.1) is 6.92 Å². The number of carbonyl (C=O) groups excluding carboxylic acids is 1. The molecule has 0 radical (unpaired) electrons. The maximum absolute atomic E-state index is 12.5. The Labute approximate surface area is 139 Å². The highest BCUT2D eigenvalue weighted by Crippen LogP contribution is 2.25. The van der Waals surface area contributed by atoms with E-state index >= 15 is 0 Å². The van der Waals surface area contributed by atoms with Crippen molar-refractivity contribution in [3.8, 4) is 5.75 Å². The molecule has 2 rings (SSSR count). The molecule has 4 heteroatoms. The number of aryl methyl sites for hydroxylation is 1. The number of amides is 1. The van der Waals surface area contributed by atoms with Crippen LogP contribution in [-0.4, -0.2) is 12.5 Å². The second kappa shape index (κ2) is 7.99. The third-order valence-electron chi connectivity index (χ3n) is 3.22. The van der Waals surface area contributed by atoms with Gasteiger partial charge in [0.2, 0.25) is 0 Å². The largest absolute Gasteiger partial charge is 0.493 e. The van der Waals surface area contributed by atoms with Crippen LogP contribution in [0.15, 0.2) is 46.9 Å². The van der Waals surface area contributed by atoms with E-state index in [0.29, 0.717) is 17.9 Å². The molecule has 2 aromatic carbocycles. The highest BCUT2D eigenvalue weighted by molar-refractivity contribution is 9.10. The predicted octanol–water partition coefficient (Wildman–Crippen LogP) is 5.19. The lowest BCUT2D eigenvalue weighted by atomic mass is 10.1. The molecule has 22 heavy (non-hydrogen) atoms. The monoisotopic (exact) mass is 361 g/mol. The summed E-state index contributed by atoms with van der Waals surface area (Å²) in [6, 6.07) is 13.2. The molecule has 0 aliphatic rings. The Balaban J connectivity index is 2.18. The van der Waals surface area contributed by atoms with Gasteiger partial charge >= 0.3 is 0 Å². The lowest BCUT2D eigenvalue weighted by Crippen LogP contribution is -2.14. The van der Waals surface area contributed by atoms with Gasteiger partial charge in [-0.3, -0.25) is 4.79 Å². The molecule has 0 bridgehead atoms. The zero-order valence-electron chi connectivity index (χ0n) is 12.9. The van der Waals surface area contributed by atoms with Crippen molar-refractivity contribution in [2.24, 2.45) is 0 Å². The van der Waals surface area contributed by atoms with Crippen LogP contribution in [0.1, 0.15) is 35.7 Å². The van der Waals surface area contributed by atoms with Crippen LogP contribution in [0.4, 0.5) is 5.69 Å². The standard InChI is InChI=1S/C18H20BrNO2/c1-3-4-10-22-17-9-8-14(19)12-16(17)18(21)20-15-7-5-6-13(2)11-15/h5-9,11-12H,3-4,10H2,1-2H3,(H,20,21). The number of rotatable bonds is 6. The molecule has 0 aromatic heterocycles. The molecule has 1 N–H and O–H groups in total. The van der Waals surface area contributed by atoms with E-state index in [1.54, 1.807) is 6.07 Å². The Kier molecular flexibility index (Phi) is 6.01. The minimum Gasteiger partial charge on any atom is -0.493 e. The third kappa shape index (κ3) is 4.60. The third-order valence-corrected chi connectivity index (χ3v) is 3.71. The zero-order valence-corrected chi connectivity index (χ0v) is 14.4. The van der Waals surface area contributed by atoms with E-state index in [1.807, 2.05) is 43.3 Å². The fraction of sp³-hybridized carbons (Fsp3) is 0.278. The van der Waals surface area contributed by atoms with E-state index in [0.717, 1.165) is 28.6 Å². The first-order valence-corrected chi connectivity index (χ1v) is 8.20. The van der Waals surface area contributed by atoms with Crippen molar-refractivity contribution in [1.82, 2.24) is 0 Å². The van der Waals surface area contributed by atoms with Crippen molar-refractivity contribution in [2.75, 3.05) is 11.9 Å². The molecule has 2 aromatic rings. The van der Waals surface area contributed by atoms with Gasteiger partial charge in [-0.1, -0.05) is 41.4 Å². The molecule has 0 aliphatic carbocycles. The molecule has 0 spiro atoms. The highest BCUT2D eigenvalue weighted by Gasteiger charge is 2.13. The maximum atomic E-state index is 12.5. The summed E-state index contributed by atoms with van der Waals surface area (Å²) >= 11 is 3.41. The SMILES string of the molecule is CCCCOc1ccc(Br)cc1C(=O)Nc1cccc(C)c1. The molecule has 0 heterocycles. The normalized spacial score (nSPS) is 10.3. The summed E-state index contributed by atoms with van der Waals surface area (Å²) in [5.74, 6) is 0.445. The molecule has 1 amide bonds. The number of nitrogens with one attached hydrogen (secondary N) is 1. The second-order valence-corrected chi connectivity index (χ2v) is 6.08. The molecule has 0 saturated carbocycles. The first kappa shape index (κ1) is 16.6. The van der Waals surface area contributed by atoms with Gasteiger partial charge in [-0.25, -0.2) is 0 Å². The van der Waals surface area contributed by atoms with E-state index in [2.05, 4.69) is 28.2 Å². The van der Waals surface area contributed by atoms with Crippen LogP contribution in [-0.2, 0) is 0 Å². The number of carbonyl (C=O) groups is 1. The lowest BCUT2D eigenvalue weighted by Gasteiger charge is -2.12. The molecule has 3 nitrogen and oxygen atoms in total. The van der Waals surface area contributed by atoms with Gasteiger partial charge in [-0.2, -0.15) is 0 Å². The fourth-order valence-corrected chi connectivity index (χ4v) is 2.41. The van der Waals surface area contributed by atoms with Gasteiger partial charge in [0.25, 0.3) is 5.91 Å². The predicted molar refractivity (Wildman–Crippen MR) is 93.7 cm³/mol. The number of benzene rings is 2. The van der Waals surface area contributed by atoms with E-state index in [4.69, 9.17) is 4.74 Å². The van der Waals surface area contributed by atoms with Crippen LogP contribution in [0.2, 0.25) is 0 Å². The van der Waals surface area contributed by atoms with Gasteiger partial charge in [-0.05, 0) is 49.2 Å². The van der Waals surface area contributed by atoms with Crippen molar-refractivity contribution in [2.45, 2.75) is 26.7 Å². The summed E-state index contributed by atoms with van der Waals surface area (Å²) < 4.78 is 6.59. The van der Waals surface area contributed by atoms with Crippen LogP contribution in [0.5, 0.6) is 5.75 Å². The Bertz CT molecular complexity index is 655. The molecule has 0 fully saturated rings. The van der Waals surface area contributed by atoms with E-state index in [9.17, 15) is 4.79 Å². The number of hydrogen-bond acceptors (Lipinski definition) is 2. The van der Waals surface area contributed by atoms with Crippen molar-refractivity contribution in [3.05, 3.63) is 58.1 Å². The van der Waals surface area contributed by atoms with Gasteiger partial charge in [0.05, 0.1) is 12.2 Å². The number of anilines is 1. The Hall–Kier alpha value is -1.81. The molecule has 0 aliphatic heterocycles. The number of unbranched alkanes of at least 4 members (excludes halogenated alkanes) is 1. The maximum Gasteiger partial charge on any atom is 0.259 e. The summed E-state index contributed by atoms with van der Waals surface area (Å²) in [5, 5.41) is 2.92. The van der Waals surface area contributed by atoms with Gasteiger partial charge in [0.15, 0.2) is 0 Å². The Morgan fingerprint density at radius 2 is 2.05 bits per heavy atom. The van der Waals surface area contributed by atoms with E-state index in [1.165, 1.54) is 0 Å². The molecule has 0 atom stereocenters. The molecule has 0 unspecified atom stereocenters. The molecule has 0 saturated heterocycles. The van der Waals surface area contributed by atoms with E-state index < -0.39 is 0 Å². The molecule has 116 valence electrons.